The second-order valence-corrected chi connectivity index (χ2v) is 12.0. The zero-order valence-corrected chi connectivity index (χ0v) is 23.6. The Labute approximate surface area is 237 Å². The molecule has 0 aromatic heterocycles. The summed E-state index contributed by atoms with van der Waals surface area (Å²) in [5.74, 6) is 2.11. The van der Waals surface area contributed by atoms with Gasteiger partial charge in [0.1, 0.15) is 11.5 Å². The molecule has 0 radical (unpaired) electrons. The van der Waals surface area contributed by atoms with Gasteiger partial charge in [0.15, 0.2) is 0 Å². The van der Waals surface area contributed by atoms with E-state index in [2.05, 4.69) is 152 Å². The number of fused-ring (bicyclic) bond motifs is 7. The fraction of sp³-hybridized carbons (Fsp3) is 0.167. The van der Waals surface area contributed by atoms with E-state index in [9.17, 15) is 0 Å². The number of hydrogen-bond acceptors (Lipinski definition) is 3. The molecule has 198 valence electrons. The van der Waals surface area contributed by atoms with Crippen LogP contribution in [0.3, 0.4) is 0 Å². The topological polar surface area (TPSA) is 21.7 Å². The van der Waals surface area contributed by atoms with E-state index in [4.69, 9.17) is 9.05 Å². The molecule has 0 spiro atoms. The van der Waals surface area contributed by atoms with Gasteiger partial charge < -0.3 is 9.05 Å². The third kappa shape index (κ3) is 4.40. The van der Waals surface area contributed by atoms with Gasteiger partial charge in [0.25, 0.3) is 0 Å². The third-order valence-corrected chi connectivity index (χ3v) is 10.1. The van der Waals surface area contributed by atoms with E-state index in [1.807, 2.05) is 0 Å². The van der Waals surface area contributed by atoms with E-state index < -0.39 is 8.53 Å². The molecular formula is C36H32NO2P. The van der Waals surface area contributed by atoms with Crippen molar-refractivity contribution >= 4 is 19.3 Å². The highest BCUT2D eigenvalue weighted by molar-refractivity contribution is 7.45. The number of hydrogen-bond donors (Lipinski definition) is 0. The Morgan fingerprint density at radius 3 is 2.10 bits per heavy atom. The van der Waals surface area contributed by atoms with Crippen molar-refractivity contribution in [2.75, 3.05) is 0 Å². The summed E-state index contributed by atoms with van der Waals surface area (Å²) in [4.78, 5) is 0. The summed E-state index contributed by atoms with van der Waals surface area (Å²) in [5, 5.41) is 2.44. The van der Waals surface area contributed by atoms with E-state index in [0.29, 0.717) is 0 Å². The Morgan fingerprint density at radius 2 is 1.38 bits per heavy atom. The Bertz CT molecular complexity index is 1610. The van der Waals surface area contributed by atoms with Gasteiger partial charge in [-0.3, -0.25) is 0 Å². The van der Waals surface area contributed by atoms with Crippen LogP contribution in [0.2, 0.25) is 0 Å². The molecule has 2 aliphatic carbocycles. The van der Waals surface area contributed by atoms with E-state index in [-0.39, 0.29) is 23.9 Å². The first-order valence-electron chi connectivity index (χ1n) is 14.0. The van der Waals surface area contributed by atoms with E-state index in [0.717, 1.165) is 11.5 Å². The zero-order chi connectivity index (χ0) is 27.1. The molecule has 5 atom stereocenters. The van der Waals surface area contributed by atoms with Gasteiger partial charge in [0.2, 0.25) is 0 Å². The molecule has 4 heteroatoms. The maximum absolute atomic E-state index is 7.07. The molecule has 0 saturated heterocycles. The SMILES string of the molecule is C[C@@H](c1ccccc1)N([C@@H](C)c1ccccc1)P1OC2=CC=C3C=CC=CC3C2c2c(ccc3ccccc23)O1. The van der Waals surface area contributed by atoms with Crippen LogP contribution in [0.4, 0.5) is 0 Å². The minimum atomic E-state index is -1.50. The van der Waals surface area contributed by atoms with Crippen molar-refractivity contribution in [1.29, 1.82) is 0 Å². The average molecular weight is 542 g/mol. The van der Waals surface area contributed by atoms with Gasteiger partial charge in [0.05, 0.1) is 5.92 Å². The van der Waals surface area contributed by atoms with Crippen LogP contribution in [-0.4, -0.2) is 4.67 Å². The summed E-state index contributed by atoms with van der Waals surface area (Å²) in [6.45, 7) is 4.52. The molecule has 4 aromatic rings. The largest absolute Gasteiger partial charge is 0.431 e. The minimum Gasteiger partial charge on any atom is -0.431 e. The number of benzene rings is 4. The van der Waals surface area contributed by atoms with E-state index in [1.54, 1.807) is 0 Å². The van der Waals surface area contributed by atoms with Gasteiger partial charge in [0, 0.05) is 23.6 Å². The van der Waals surface area contributed by atoms with E-state index >= 15 is 0 Å². The lowest BCUT2D eigenvalue weighted by Crippen LogP contribution is -2.28. The first-order chi connectivity index (χ1) is 19.7. The lowest BCUT2D eigenvalue weighted by molar-refractivity contribution is 0.227. The van der Waals surface area contributed by atoms with Crippen LogP contribution in [0.15, 0.2) is 145 Å². The van der Waals surface area contributed by atoms with Gasteiger partial charge in [-0.05, 0) is 53.5 Å². The molecule has 0 N–H and O–H groups in total. The Kier molecular flexibility index (Phi) is 6.63. The van der Waals surface area contributed by atoms with Crippen molar-refractivity contribution in [2.45, 2.75) is 31.8 Å². The van der Waals surface area contributed by atoms with Crippen molar-refractivity contribution < 1.29 is 9.05 Å². The number of nitrogens with zero attached hydrogens (tertiary/aromatic N) is 1. The molecule has 40 heavy (non-hydrogen) atoms. The molecule has 1 heterocycles. The van der Waals surface area contributed by atoms with Crippen LogP contribution in [0.5, 0.6) is 5.75 Å². The summed E-state index contributed by atoms with van der Waals surface area (Å²) in [7, 11) is -1.50. The number of allylic oxidation sites excluding steroid dienone is 8. The number of rotatable bonds is 5. The summed E-state index contributed by atoms with van der Waals surface area (Å²) in [5.41, 5.74) is 4.99. The first-order valence-corrected chi connectivity index (χ1v) is 15.1. The summed E-state index contributed by atoms with van der Waals surface area (Å²) < 4.78 is 16.5. The molecule has 0 bridgehead atoms. The molecule has 7 rings (SSSR count). The molecular weight excluding hydrogens is 509 g/mol. The fourth-order valence-corrected chi connectivity index (χ4v) is 8.00. The zero-order valence-electron chi connectivity index (χ0n) is 22.7. The van der Waals surface area contributed by atoms with Crippen LogP contribution >= 0.6 is 8.53 Å². The Hall–Kier alpha value is -3.91. The summed E-state index contributed by atoms with van der Waals surface area (Å²) in [6, 6.07) is 34.4. The molecule has 0 fully saturated rings. The third-order valence-electron chi connectivity index (χ3n) is 8.36. The maximum Gasteiger partial charge on any atom is 0.385 e. The summed E-state index contributed by atoms with van der Waals surface area (Å²) in [6.07, 6.45) is 13.2. The molecule has 1 aliphatic heterocycles. The van der Waals surface area contributed by atoms with Crippen molar-refractivity contribution in [3.63, 3.8) is 0 Å². The van der Waals surface area contributed by atoms with Crippen molar-refractivity contribution in [3.05, 3.63) is 162 Å². The van der Waals surface area contributed by atoms with Gasteiger partial charge in [-0.15, -0.1) is 0 Å². The fourth-order valence-electron chi connectivity index (χ4n) is 6.26. The highest BCUT2D eigenvalue weighted by Gasteiger charge is 2.43. The highest BCUT2D eigenvalue weighted by Crippen LogP contribution is 2.61. The normalized spacial score (nSPS) is 22.5. The second-order valence-electron chi connectivity index (χ2n) is 10.7. The van der Waals surface area contributed by atoms with E-state index in [1.165, 1.54) is 33.0 Å². The molecule has 0 saturated carbocycles. The molecule has 4 aromatic carbocycles. The van der Waals surface area contributed by atoms with Gasteiger partial charge in [-0.25, -0.2) is 4.67 Å². The minimum absolute atomic E-state index is 0.0377. The van der Waals surface area contributed by atoms with Gasteiger partial charge in [-0.2, -0.15) is 0 Å². The Balaban J connectivity index is 1.40. The van der Waals surface area contributed by atoms with Crippen molar-refractivity contribution in [2.24, 2.45) is 5.92 Å². The van der Waals surface area contributed by atoms with Gasteiger partial charge in [-0.1, -0.05) is 121 Å². The van der Waals surface area contributed by atoms with Crippen LogP contribution < -0.4 is 4.52 Å². The molecule has 3 aliphatic rings. The molecule has 3 nitrogen and oxygen atoms in total. The van der Waals surface area contributed by atoms with Crippen molar-refractivity contribution in [3.8, 4) is 5.75 Å². The van der Waals surface area contributed by atoms with Crippen LogP contribution in [0.25, 0.3) is 10.8 Å². The average Bonchev–Trinajstić information content (AvgIpc) is 3.19. The van der Waals surface area contributed by atoms with Crippen LogP contribution in [-0.2, 0) is 4.52 Å². The lowest BCUT2D eigenvalue weighted by atomic mass is 9.74. The van der Waals surface area contributed by atoms with Gasteiger partial charge >= 0.3 is 8.53 Å². The highest BCUT2D eigenvalue weighted by atomic mass is 31.2. The summed E-state index contributed by atoms with van der Waals surface area (Å²) >= 11 is 0. The van der Waals surface area contributed by atoms with Crippen LogP contribution in [0, 0.1) is 5.92 Å². The predicted octanol–water partition coefficient (Wildman–Crippen LogP) is 9.95. The molecule has 3 unspecified atom stereocenters. The standard InChI is InChI=1S/C36H32NO2P/c1-25(27-13-5-3-6-14-27)37(26(2)28-15-7-4-8-16-28)40-38-33-23-21-29-17-9-11-19-31(29)35(33)36-32-20-12-10-18-30(32)22-24-34(36)39-40/h3-26,31,35H,1-2H3/t25-,26-,31?,35?,40?/m0/s1. The monoisotopic (exact) mass is 541 g/mol. The smallest absolute Gasteiger partial charge is 0.385 e. The first kappa shape index (κ1) is 25.1. The lowest BCUT2D eigenvalue weighted by Gasteiger charge is -2.38. The predicted molar refractivity (Wildman–Crippen MR) is 165 cm³/mol. The van der Waals surface area contributed by atoms with Crippen LogP contribution in [0.1, 0.15) is 48.5 Å². The molecule has 0 amide bonds. The Morgan fingerprint density at radius 1 is 0.700 bits per heavy atom. The maximum atomic E-state index is 7.07. The van der Waals surface area contributed by atoms with Crippen molar-refractivity contribution in [1.82, 2.24) is 4.67 Å². The quantitative estimate of drug-likeness (QED) is 0.235. The second kappa shape index (κ2) is 10.6.